The minimum absolute atomic E-state index is 0.212. The maximum Gasteiger partial charge on any atom is 0.225 e. The SMILES string of the molecule is O=C(NCCc1csc(C2CCCN(C(=O)C3CCC3)C2)n1)C1CCC1. The third-order valence-corrected chi connectivity index (χ3v) is 7.32. The molecule has 3 fully saturated rings. The van der Waals surface area contributed by atoms with Crippen LogP contribution in [-0.2, 0) is 16.0 Å². The number of likely N-dealkylation sites (tertiary alicyclic amines) is 1. The second kappa shape index (κ2) is 8.07. The van der Waals surface area contributed by atoms with Crippen LogP contribution in [0.4, 0.5) is 0 Å². The lowest BCUT2D eigenvalue weighted by Gasteiger charge is -2.36. The molecule has 3 aliphatic rings. The number of hydrogen-bond donors (Lipinski definition) is 1. The van der Waals surface area contributed by atoms with Crippen LogP contribution >= 0.6 is 11.3 Å². The summed E-state index contributed by atoms with van der Waals surface area (Å²) in [5, 5.41) is 6.33. The molecule has 26 heavy (non-hydrogen) atoms. The number of nitrogens with one attached hydrogen (secondary N) is 1. The Bertz CT molecular complexity index is 651. The van der Waals surface area contributed by atoms with Crippen molar-refractivity contribution < 1.29 is 9.59 Å². The first-order valence-electron chi connectivity index (χ1n) is 10.2. The molecule has 2 aliphatic carbocycles. The summed E-state index contributed by atoms with van der Waals surface area (Å²) < 4.78 is 0. The molecule has 1 aromatic rings. The molecule has 1 N–H and O–H groups in total. The van der Waals surface area contributed by atoms with E-state index in [2.05, 4.69) is 15.6 Å². The quantitative estimate of drug-likeness (QED) is 0.831. The van der Waals surface area contributed by atoms with Crippen LogP contribution in [0, 0.1) is 11.8 Å². The van der Waals surface area contributed by atoms with Gasteiger partial charge in [0.15, 0.2) is 0 Å². The summed E-state index contributed by atoms with van der Waals surface area (Å²) in [7, 11) is 0. The summed E-state index contributed by atoms with van der Waals surface area (Å²) in [6.07, 6.45) is 9.65. The molecule has 0 spiro atoms. The number of carbonyl (C=O) groups excluding carboxylic acids is 2. The molecule has 2 saturated carbocycles. The molecule has 1 aliphatic heterocycles. The molecule has 0 radical (unpaired) electrons. The van der Waals surface area contributed by atoms with Gasteiger partial charge in [-0.25, -0.2) is 4.98 Å². The van der Waals surface area contributed by atoms with Crippen LogP contribution in [0.3, 0.4) is 0 Å². The Labute approximate surface area is 159 Å². The van der Waals surface area contributed by atoms with Gasteiger partial charge >= 0.3 is 0 Å². The molecule has 2 amide bonds. The van der Waals surface area contributed by atoms with Crippen LogP contribution in [0.2, 0.25) is 0 Å². The van der Waals surface area contributed by atoms with Gasteiger partial charge in [-0.05, 0) is 38.5 Å². The molecule has 4 rings (SSSR count). The van der Waals surface area contributed by atoms with Crippen LogP contribution < -0.4 is 5.32 Å². The van der Waals surface area contributed by atoms with E-state index in [0.717, 1.165) is 68.7 Å². The molecule has 6 heteroatoms. The first kappa shape index (κ1) is 18.0. The van der Waals surface area contributed by atoms with E-state index in [4.69, 9.17) is 4.98 Å². The molecule has 1 atom stereocenters. The van der Waals surface area contributed by atoms with Crippen molar-refractivity contribution in [2.75, 3.05) is 19.6 Å². The Morgan fingerprint density at radius 3 is 2.58 bits per heavy atom. The molecule has 0 bridgehead atoms. The zero-order chi connectivity index (χ0) is 17.9. The van der Waals surface area contributed by atoms with Crippen molar-refractivity contribution in [2.24, 2.45) is 11.8 Å². The van der Waals surface area contributed by atoms with E-state index in [0.29, 0.717) is 24.3 Å². The average molecular weight is 376 g/mol. The minimum atomic E-state index is 0.212. The maximum absolute atomic E-state index is 12.5. The number of carbonyl (C=O) groups is 2. The van der Waals surface area contributed by atoms with Gasteiger partial charge in [-0.3, -0.25) is 9.59 Å². The van der Waals surface area contributed by atoms with E-state index >= 15 is 0 Å². The van der Waals surface area contributed by atoms with E-state index in [-0.39, 0.29) is 11.8 Å². The fraction of sp³-hybridized carbons (Fsp3) is 0.750. The highest BCUT2D eigenvalue weighted by Gasteiger charge is 2.33. The Hall–Kier alpha value is -1.43. The summed E-state index contributed by atoms with van der Waals surface area (Å²) >= 11 is 1.72. The minimum Gasteiger partial charge on any atom is -0.355 e. The smallest absolute Gasteiger partial charge is 0.225 e. The van der Waals surface area contributed by atoms with Gasteiger partial charge < -0.3 is 10.2 Å². The monoisotopic (exact) mass is 375 g/mol. The fourth-order valence-corrected chi connectivity index (χ4v) is 5.03. The van der Waals surface area contributed by atoms with E-state index in [1.54, 1.807) is 11.3 Å². The van der Waals surface area contributed by atoms with Gasteiger partial charge in [0, 0.05) is 49.2 Å². The van der Waals surface area contributed by atoms with E-state index in [1.165, 1.54) is 12.8 Å². The van der Waals surface area contributed by atoms with Gasteiger partial charge in [0.2, 0.25) is 11.8 Å². The van der Waals surface area contributed by atoms with E-state index in [1.807, 2.05) is 0 Å². The van der Waals surface area contributed by atoms with Gasteiger partial charge in [0.1, 0.15) is 0 Å². The van der Waals surface area contributed by atoms with Crippen LogP contribution in [0.1, 0.15) is 68.0 Å². The van der Waals surface area contributed by atoms with Crippen LogP contribution in [0.5, 0.6) is 0 Å². The lowest BCUT2D eigenvalue weighted by Crippen LogP contribution is -2.44. The van der Waals surface area contributed by atoms with E-state index < -0.39 is 0 Å². The molecular weight excluding hydrogens is 346 g/mol. The van der Waals surface area contributed by atoms with Crippen molar-refractivity contribution in [3.05, 3.63) is 16.1 Å². The van der Waals surface area contributed by atoms with Gasteiger partial charge in [-0.2, -0.15) is 0 Å². The summed E-state index contributed by atoms with van der Waals surface area (Å²) in [6.45, 7) is 2.42. The Morgan fingerprint density at radius 1 is 1.12 bits per heavy atom. The van der Waals surface area contributed by atoms with Crippen molar-refractivity contribution in [1.29, 1.82) is 0 Å². The molecule has 5 nitrogen and oxygen atoms in total. The standard InChI is InChI=1S/C20H29N3O2S/c24-18(14-4-1-5-14)21-10-9-17-13-26-19(22-17)16-8-3-11-23(12-16)20(25)15-6-2-7-15/h13-16H,1-12H2,(H,21,24). The van der Waals surface area contributed by atoms with Gasteiger partial charge in [-0.1, -0.05) is 12.8 Å². The first-order valence-corrected chi connectivity index (χ1v) is 11.1. The fourth-order valence-electron chi connectivity index (χ4n) is 4.05. The van der Waals surface area contributed by atoms with Crippen molar-refractivity contribution in [1.82, 2.24) is 15.2 Å². The van der Waals surface area contributed by atoms with Crippen LogP contribution in [0.25, 0.3) is 0 Å². The summed E-state index contributed by atoms with van der Waals surface area (Å²) in [5.74, 6) is 1.51. The number of thiazole rings is 1. The predicted molar refractivity (Wildman–Crippen MR) is 102 cm³/mol. The highest BCUT2D eigenvalue weighted by Crippen LogP contribution is 2.33. The molecule has 1 unspecified atom stereocenters. The molecule has 142 valence electrons. The number of aromatic nitrogens is 1. The molecule has 1 saturated heterocycles. The molecule has 2 heterocycles. The zero-order valence-electron chi connectivity index (χ0n) is 15.4. The molecule has 1 aromatic heterocycles. The lowest BCUT2D eigenvalue weighted by molar-refractivity contribution is -0.139. The number of nitrogens with zero attached hydrogens (tertiary/aromatic N) is 2. The van der Waals surface area contributed by atoms with Crippen molar-refractivity contribution in [2.45, 2.75) is 63.7 Å². The number of rotatable bonds is 6. The maximum atomic E-state index is 12.5. The van der Waals surface area contributed by atoms with Gasteiger partial charge in [0.05, 0.1) is 10.7 Å². The van der Waals surface area contributed by atoms with Gasteiger partial charge in [0.25, 0.3) is 0 Å². The van der Waals surface area contributed by atoms with Crippen molar-refractivity contribution in [3.63, 3.8) is 0 Å². The van der Waals surface area contributed by atoms with Crippen molar-refractivity contribution in [3.8, 4) is 0 Å². The highest BCUT2D eigenvalue weighted by molar-refractivity contribution is 7.09. The third kappa shape index (κ3) is 3.95. The summed E-state index contributed by atoms with van der Waals surface area (Å²) in [4.78, 5) is 31.3. The Kier molecular flexibility index (Phi) is 5.57. The lowest BCUT2D eigenvalue weighted by atomic mass is 9.83. The topological polar surface area (TPSA) is 62.3 Å². The molecular formula is C20H29N3O2S. The second-order valence-corrected chi connectivity index (χ2v) is 8.99. The number of hydrogen-bond acceptors (Lipinski definition) is 4. The van der Waals surface area contributed by atoms with Crippen molar-refractivity contribution >= 4 is 23.2 Å². The van der Waals surface area contributed by atoms with Crippen LogP contribution in [0.15, 0.2) is 5.38 Å². The zero-order valence-corrected chi connectivity index (χ0v) is 16.2. The third-order valence-electron chi connectivity index (χ3n) is 6.26. The largest absolute Gasteiger partial charge is 0.355 e. The Balaban J connectivity index is 1.26. The van der Waals surface area contributed by atoms with E-state index in [9.17, 15) is 9.59 Å². The molecule has 0 aromatic carbocycles. The summed E-state index contributed by atoms with van der Waals surface area (Å²) in [6, 6.07) is 0. The first-order chi connectivity index (χ1) is 12.7. The summed E-state index contributed by atoms with van der Waals surface area (Å²) in [5.41, 5.74) is 1.07. The normalized spacial score (nSPS) is 24.0. The van der Waals surface area contributed by atoms with Crippen LogP contribution in [-0.4, -0.2) is 41.3 Å². The average Bonchev–Trinajstić information content (AvgIpc) is 3.00. The number of amides is 2. The second-order valence-electron chi connectivity index (χ2n) is 8.10. The van der Waals surface area contributed by atoms with Gasteiger partial charge in [-0.15, -0.1) is 11.3 Å². The highest BCUT2D eigenvalue weighted by atomic mass is 32.1. The predicted octanol–water partition coefficient (Wildman–Crippen LogP) is 3.11. The Morgan fingerprint density at radius 2 is 1.88 bits per heavy atom. The number of piperidine rings is 1.